The second kappa shape index (κ2) is 9.30. The lowest BCUT2D eigenvalue weighted by Gasteiger charge is -2.16. The van der Waals surface area contributed by atoms with Gasteiger partial charge in [-0.1, -0.05) is 6.07 Å². The molecule has 3 aromatic heterocycles. The normalized spacial score (nSPS) is 11.5. The molecular formula is C22H25FN10O2. The number of methoxy groups -OCH3 is 1. The zero-order valence-electron chi connectivity index (χ0n) is 19.5. The highest BCUT2D eigenvalue weighted by atomic mass is 19.1. The third kappa shape index (κ3) is 4.70. The van der Waals surface area contributed by atoms with Gasteiger partial charge in [0.15, 0.2) is 17.2 Å². The van der Waals surface area contributed by atoms with Gasteiger partial charge in [0.2, 0.25) is 0 Å². The van der Waals surface area contributed by atoms with Crippen molar-refractivity contribution < 1.29 is 9.13 Å². The molecule has 0 aliphatic rings. The van der Waals surface area contributed by atoms with Crippen LogP contribution < -0.4 is 32.5 Å². The fraction of sp³-hybridized carbons (Fsp3) is 0.182. The predicted molar refractivity (Wildman–Crippen MR) is 133 cm³/mol. The van der Waals surface area contributed by atoms with Gasteiger partial charge in [-0.3, -0.25) is 14.6 Å². The van der Waals surface area contributed by atoms with Gasteiger partial charge < -0.3 is 21.1 Å². The number of H-pyrrole nitrogens is 1. The number of hydrazine groups is 1. The molecule has 0 aliphatic heterocycles. The van der Waals surface area contributed by atoms with Crippen LogP contribution in [0.4, 0.5) is 27.4 Å². The Morgan fingerprint density at radius 2 is 2.03 bits per heavy atom. The first-order valence-electron chi connectivity index (χ1n) is 10.4. The predicted octanol–water partition coefficient (Wildman–Crippen LogP) is 2.03. The Balaban J connectivity index is 1.82. The molecule has 0 saturated heterocycles. The van der Waals surface area contributed by atoms with Crippen LogP contribution >= 0.6 is 0 Å². The van der Waals surface area contributed by atoms with Gasteiger partial charge in [0.25, 0.3) is 5.56 Å². The summed E-state index contributed by atoms with van der Waals surface area (Å²) in [6, 6.07) is 8.47. The topological polar surface area (TPSA) is 164 Å². The second-order valence-corrected chi connectivity index (χ2v) is 7.77. The van der Waals surface area contributed by atoms with Gasteiger partial charge >= 0.3 is 0 Å². The van der Waals surface area contributed by atoms with Crippen molar-refractivity contribution in [3.8, 4) is 5.75 Å². The van der Waals surface area contributed by atoms with E-state index in [-0.39, 0.29) is 11.4 Å². The molecule has 4 aromatic rings. The van der Waals surface area contributed by atoms with Gasteiger partial charge in [-0.05, 0) is 30.7 Å². The summed E-state index contributed by atoms with van der Waals surface area (Å²) in [6.45, 7) is 1.64. The number of benzene rings is 1. The molecular weight excluding hydrogens is 455 g/mol. The molecule has 0 saturated carbocycles. The summed E-state index contributed by atoms with van der Waals surface area (Å²) in [7, 11) is 4.63. The number of para-hydroxylation sites is 1. The monoisotopic (exact) mass is 480 g/mol. The van der Waals surface area contributed by atoms with Gasteiger partial charge in [0.05, 0.1) is 30.2 Å². The minimum Gasteiger partial charge on any atom is -0.494 e. The molecule has 0 atom stereocenters. The van der Waals surface area contributed by atoms with Crippen LogP contribution in [0.5, 0.6) is 5.75 Å². The van der Waals surface area contributed by atoms with E-state index in [1.807, 2.05) is 0 Å². The van der Waals surface area contributed by atoms with Crippen LogP contribution in [-0.2, 0) is 7.05 Å². The van der Waals surface area contributed by atoms with Gasteiger partial charge in [-0.15, -0.1) is 5.10 Å². The first-order valence-corrected chi connectivity index (χ1v) is 10.4. The average molecular weight is 481 g/mol. The van der Waals surface area contributed by atoms with E-state index in [9.17, 15) is 9.18 Å². The van der Waals surface area contributed by atoms with E-state index in [1.54, 1.807) is 51.4 Å². The van der Waals surface area contributed by atoms with E-state index in [1.165, 1.54) is 11.8 Å². The number of anilines is 4. The maximum absolute atomic E-state index is 13.6. The molecule has 12 nitrogen and oxygen atoms in total. The molecule has 3 heterocycles. The summed E-state index contributed by atoms with van der Waals surface area (Å²) in [5.74, 6) is 6.50. The molecule has 1 aromatic carbocycles. The zero-order valence-corrected chi connectivity index (χ0v) is 19.5. The molecule has 35 heavy (non-hydrogen) atoms. The number of fused-ring (bicyclic) bond motifs is 1. The van der Waals surface area contributed by atoms with E-state index >= 15 is 0 Å². The minimum atomic E-state index is -0.413. The Morgan fingerprint density at radius 1 is 1.26 bits per heavy atom. The molecule has 0 bridgehead atoms. The maximum atomic E-state index is 13.6. The lowest BCUT2D eigenvalue weighted by molar-refractivity contribution is 0.371. The molecule has 7 N–H and O–H groups in total. The maximum Gasteiger partial charge on any atom is 0.277 e. The number of hydrogen-bond donors (Lipinski definition) is 5. The van der Waals surface area contributed by atoms with Crippen molar-refractivity contribution in [1.82, 2.24) is 24.9 Å². The standard InChI is InChI=1S/C22H25FN10O2/c1-11-8-16(26-10-13(11)23)28-17-9-15(18-21(29-17)31-32(2)22(18)34)27-14-7-5-6-12(19(14)35-4)20(24)30-33(3)25/h5-10H,25H2,1-4H3,(H2,24,30)(H3,26,27,28,29,31). The number of ether oxygens (including phenoxy) is 1. The number of amidine groups is 1. The summed E-state index contributed by atoms with van der Waals surface area (Å²) in [5, 5.41) is 14.7. The number of pyridine rings is 2. The first-order chi connectivity index (χ1) is 16.7. The number of nitrogens with zero attached hydrogens (tertiary/aromatic N) is 5. The van der Waals surface area contributed by atoms with Gasteiger partial charge in [0.1, 0.15) is 22.8 Å². The highest BCUT2D eigenvalue weighted by molar-refractivity contribution is 6.02. The minimum absolute atomic E-state index is 0.146. The van der Waals surface area contributed by atoms with Gasteiger partial charge in [0, 0.05) is 20.2 Å². The van der Waals surface area contributed by atoms with Crippen LogP contribution in [0.2, 0.25) is 0 Å². The van der Waals surface area contributed by atoms with Crippen LogP contribution in [0.3, 0.4) is 0 Å². The van der Waals surface area contributed by atoms with E-state index in [4.69, 9.17) is 16.3 Å². The van der Waals surface area contributed by atoms with Crippen molar-refractivity contribution >= 4 is 39.9 Å². The van der Waals surface area contributed by atoms with Crippen LogP contribution in [0, 0.1) is 12.7 Å². The Morgan fingerprint density at radius 3 is 2.71 bits per heavy atom. The Labute approximate surface area is 199 Å². The lowest BCUT2D eigenvalue weighted by atomic mass is 10.1. The number of aromatic nitrogens is 4. The fourth-order valence-electron chi connectivity index (χ4n) is 3.55. The lowest BCUT2D eigenvalue weighted by Crippen LogP contribution is -2.26. The van der Waals surface area contributed by atoms with Crippen molar-refractivity contribution in [2.24, 2.45) is 23.7 Å². The molecule has 0 radical (unpaired) electrons. The molecule has 4 rings (SSSR count). The summed E-state index contributed by atoms with van der Waals surface area (Å²) in [4.78, 5) is 21.4. The number of hydrazone groups is 1. The molecule has 0 aliphatic carbocycles. The Kier molecular flexibility index (Phi) is 6.25. The molecule has 0 amide bonds. The highest BCUT2D eigenvalue weighted by Gasteiger charge is 2.18. The third-order valence-electron chi connectivity index (χ3n) is 5.14. The van der Waals surface area contributed by atoms with Crippen LogP contribution in [-0.4, -0.2) is 44.9 Å². The van der Waals surface area contributed by atoms with Crippen molar-refractivity contribution in [1.29, 1.82) is 0 Å². The molecule has 0 spiro atoms. The van der Waals surface area contributed by atoms with Gasteiger partial charge in [-0.2, -0.15) is 0 Å². The second-order valence-electron chi connectivity index (χ2n) is 7.77. The van der Waals surface area contributed by atoms with Gasteiger partial charge in [-0.25, -0.2) is 25.3 Å². The van der Waals surface area contributed by atoms with Crippen molar-refractivity contribution in [3.63, 3.8) is 0 Å². The summed E-state index contributed by atoms with van der Waals surface area (Å²) < 4.78 is 20.6. The quantitative estimate of drug-likeness (QED) is 0.115. The molecule has 0 unspecified atom stereocenters. The van der Waals surface area contributed by atoms with E-state index in [2.05, 4.69) is 30.8 Å². The summed E-state index contributed by atoms with van der Waals surface area (Å²) in [5.41, 5.74) is 8.06. The third-order valence-corrected chi connectivity index (χ3v) is 5.14. The summed E-state index contributed by atoms with van der Waals surface area (Å²) >= 11 is 0. The van der Waals surface area contributed by atoms with E-state index in [0.29, 0.717) is 50.9 Å². The number of aryl methyl sites for hydroxylation is 2. The van der Waals surface area contributed by atoms with Crippen molar-refractivity contribution in [2.45, 2.75) is 6.92 Å². The average Bonchev–Trinajstić information content (AvgIpc) is 3.09. The molecule has 182 valence electrons. The fourth-order valence-corrected chi connectivity index (χ4v) is 3.55. The Bertz CT molecular complexity index is 1490. The Hall–Kier alpha value is -4.65. The number of aromatic amines is 1. The number of halogens is 1. The highest BCUT2D eigenvalue weighted by Crippen LogP contribution is 2.34. The van der Waals surface area contributed by atoms with Crippen LogP contribution in [0.15, 0.2) is 46.4 Å². The largest absolute Gasteiger partial charge is 0.494 e. The number of rotatable bonds is 7. The SMILES string of the molecule is COc1c(Nc2cc(Nc3cc(C)c(F)cn3)nc3[nH]n(C)c(=O)c23)cccc1/C(N)=N/N(C)N. The molecule has 13 heteroatoms. The number of nitrogens with two attached hydrogens (primary N) is 2. The smallest absolute Gasteiger partial charge is 0.277 e. The van der Waals surface area contributed by atoms with Crippen LogP contribution in [0.1, 0.15) is 11.1 Å². The zero-order chi connectivity index (χ0) is 25.3. The van der Waals surface area contributed by atoms with Crippen LogP contribution in [0.25, 0.3) is 11.0 Å². The molecule has 0 fully saturated rings. The number of hydrogen-bond acceptors (Lipinski definition) is 9. The first kappa shape index (κ1) is 23.5. The van der Waals surface area contributed by atoms with Crippen molar-refractivity contribution in [2.75, 3.05) is 24.8 Å². The van der Waals surface area contributed by atoms with E-state index in [0.717, 1.165) is 11.3 Å². The summed E-state index contributed by atoms with van der Waals surface area (Å²) in [6.07, 6.45) is 1.13. The number of nitrogens with one attached hydrogen (secondary N) is 3. The van der Waals surface area contributed by atoms with E-state index < -0.39 is 5.82 Å². The van der Waals surface area contributed by atoms with Crippen molar-refractivity contribution in [3.05, 3.63) is 63.8 Å².